The Labute approximate surface area is 182 Å². The summed E-state index contributed by atoms with van der Waals surface area (Å²) in [7, 11) is 0. The van der Waals surface area contributed by atoms with Gasteiger partial charge in [-0.15, -0.1) is 0 Å². The van der Waals surface area contributed by atoms with Crippen molar-refractivity contribution in [3.8, 4) is 0 Å². The zero-order chi connectivity index (χ0) is 19.6. The van der Waals surface area contributed by atoms with E-state index in [1.807, 2.05) is 25.7 Å². The van der Waals surface area contributed by atoms with Gasteiger partial charge in [0, 0.05) is 0 Å². The van der Waals surface area contributed by atoms with Crippen molar-refractivity contribution in [3.63, 3.8) is 0 Å². The topological polar surface area (TPSA) is 60.4 Å². The van der Waals surface area contributed by atoms with Crippen molar-refractivity contribution in [1.29, 1.82) is 0 Å². The van der Waals surface area contributed by atoms with Crippen LogP contribution >= 0.6 is 0 Å². The van der Waals surface area contributed by atoms with Crippen LogP contribution in [0.4, 0.5) is 0 Å². The third kappa shape index (κ3) is 7.68. The molecule has 144 valence electrons. The molecule has 2 aliphatic rings. The van der Waals surface area contributed by atoms with Crippen LogP contribution in [0, 0.1) is 63.2 Å². The van der Waals surface area contributed by atoms with E-state index in [1.165, 1.54) is 12.2 Å². The van der Waals surface area contributed by atoms with Crippen LogP contribution in [0.5, 0.6) is 0 Å². The van der Waals surface area contributed by atoms with Gasteiger partial charge in [0.25, 0.3) is 0 Å². The van der Waals surface area contributed by atoms with Crippen molar-refractivity contribution in [2.24, 2.45) is 0 Å². The fourth-order valence-corrected chi connectivity index (χ4v) is 2.36. The zero-order valence-electron chi connectivity index (χ0n) is 15.4. The average molecular weight is 426 g/mol. The average Bonchev–Trinajstić information content (AvgIpc) is 3.54. The summed E-state index contributed by atoms with van der Waals surface area (Å²) >= 11 is 0. The summed E-state index contributed by atoms with van der Waals surface area (Å²) in [6.07, 6.45) is 24.0. The molecule has 29 heavy (non-hydrogen) atoms. The maximum absolute atomic E-state index is 11.5. The maximum Gasteiger partial charge on any atom is 2.00 e. The van der Waals surface area contributed by atoms with Crippen LogP contribution in [-0.4, -0.2) is 11.6 Å². The molecule has 4 nitrogen and oxygen atoms in total. The number of hydrogen-bond donors (Lipinski definition) is 0. The Morgan fingerprint density at radius 2 is 1.03 bits per heavy atom. The molecule has 0 spiro atoms. The van der Waals surface area contributed by atoms with E-state index in [9.17, 15) is 9.59 Å². The Hall–Kier alpha value is -2.10. The van der Waals surface area contributed by atoms with Gasteiger partial charge in [-0.2, -0.15) is 0 Å². The molecule has 0 N–H and O–H groups in total. The number of ketones is 2. The molecular weight excluding hydrogens is 408 g/mol. The Morgan fingerprint density at radius 3 is 1.34 bits per heavy atom. The Morgan fingerprint density at radius 1 is 0.655 bits per heavy atom. The minimum Gasteiger partial charge on any atom is -0.465 e. The quantitative estimate of drug-likeness (QED) is 0.503. The number of carbonyl (C=O) groups excluding carboxylic acids is 2. The number of hydrogen-bond acceptors (Lipinski definition) is 4. The molecule has 0 saturated heterocycles. The summed E-state index contributed by atoms with van der Waals surface area (Å²) in [5.74, 6) is 2.76. The fourth-order valence-electron chi connectivity index (χ4n) is 2.36. The predicted octanol–water partition coefficient (Wildman–Crippen LogP) is 4.53. The molecule has 10 radical (unpaired) electrons. The molecule has 0 aromatic carbocycles. The predicted molar refractivity (Wildman–Crippen MR) is 106 cm³/mol. The molecule has 2 saturated carbocycles. The maximum atomic E-state index is 11.5. The fraction of sp³-hybridized carbons (Fsp3) is 0. The van der Waals surface area contributed by atoms with Crippen LogP contribution in [0.15, 0.2) is 57.8 Å². The van der Waals surface area contributed by atoms with Gasteiger partial charge in [0.05, 0.1) is 24.4 Å². The van der Waals surface area contributed by atoms with Crippen molar-refractivity contribution in [2.75, 3.05) is 0 Å². The van der Waals surface area contributed by atoms with Gasteiger partial charge in [-0.05, 0) is 99.9 Å². The number of carbonyl (C=O) groups is 2. The molecule has 4 rings (SSSR count). The smallest absolute Gasteiger partial charge is 0.465 e. The van der Waals surface area contributed by atoms with Crippen LogP contribution < -0.4 is 0 Å². The second-order valence-electron chi connectivity index (χ2n) is 5.77. The Bertz CT molecular complexity index is 707. The van der Waals surface area contributed by atoms with E-state index >= 15 is 0 Å². The first-order valence-electron chi connectivity index (χ1n) is 8.67. The summed E-state index contributed by atoms with van der Waals surface area (Å²) in [6, 6.07) is 7.17. The van der Waals surface area contributed by atoms with Crippen LogP contribution in [0.3, 0.4) is 0 Å². The van der Waals surface area contributed by atoms with E-state index in [-0.39, 0.29) is 28.6 Å². The van der Waals surface area contributed by atoms with Crippen LogP contribution in [-0.2, 0) is 26.7 Å². The zero-order valence-corrected chi connectivity index (χ0v) is 16.5. The molecular formula is C24H18FeO4+2. The van der Waals surface area contributed by atoms with Gasteiger partial charge in [-0.1, -0.05) is 0 Å². The summed E-state index contributed by atoms with van der Waals surface area (Å²) in [4.78, 5) is 22.9. The second kappa shape index (κ2) is 12.5. The SMILES string of the molecule is O=C(/C=C/c1ccco1)[C]1[CH][CH][CH][CH]1.O=C(/C=C/c1ccco1)[C]1[CH][CH][CH][CH]1.[Fe+2]. The second-order valence-corrected chi connectivity index (χ2v) is 5.77. The molecule has 0 bridgehead atoms. The van der Waals surface area contributed by atoms with Crippen molar-refractivity contribution >= 4 is 23.7 Å². The molecule has 2 aromatic heterocycles. The molecule has 0 unspecified atom stereocenters. The van der Waals surface area contributed by atoms with Crippen LogP contribution in [0.1, 0.15) is 11.5 Å². The van der Waals surface area contributed by atoms with E-state index in [0.29, 0.717) is 23.4 Å². The Kier molecular flexibility index (Phi) is 9.96. The summed E-state index contributed by atoms with van der Waals surface area (Å²) in [5.41, 5.74) is 0. The van der Waals surface area contributed by atoms with E-state index in [1.54, 1.807) is 74.6 Å². The van der Waals surface area contributed by atoms with E-state index in [2.05, 4.69) is 0 Å². The third-order valence-corrected chi connectivity index (χ3v) is 3.78. The summed E-state index contributed by atoms with van der Waals surface area (Å²) in [6.45, 7) is 0. The number of rotatable bonds is 6. The van der Waals surface area contributed by atoms with Gasteiger partial charge in [0.1, 0.15) is 11.5 Å². The van der Waals surface area contributed by atoms with Crippen LogP contribution in [0.2, 0.25) is 0 Å². The van der Waals surface area contributed by atoms with Crippen LogP contribution in [0.25, 0.3) is 12.2 Å². The molecule has 0 amide bonds. The van der Waals surface area contributed by atoms with Gasteiger partial charge in [-0.3, -0.25) is 9.59 Å². The van der Waals surface area contributed by atoms with Gasteiger partial charge in [0.2, 0.25) is 0 Å². The van der Waals surface area contributed by atoms with Gasteiger partial charge in [0.15, 0.2) is 11.6 Å². The first-order chi connectivity index (χ1) is 13.7. The molecule has 2 fully saturated rings. The normalized spacial score (nSPS) is 17.4. The first kappa shape index (κ1) is 23.2. The van der Waals surface area contributed by atoms with E-state index in [4.69, 9.17) is 8.83 Å². The molecule has 2 aromatic rings. The van der Waals surface area contributed by atoms with Gasteiger partial charge >= 0.3 is 17.1 Å². The largest absolute Gasteiger partial charge is 2.00 e. The number of allylic oxidation sites excluding steroid dienone is 2. The van der Waals surface area contributed by atoms with E-state index < -0.39 is 0 Å². The molecule has 2 heterocycles. The molecule has 0 aliphatic heterocycles. The minimum atomic E-state index is -0.00796. The van der Waals surface area contributed by atoms with E-state index in [0.717, 1.165) is 0 Å². The minimum absolute atomic E-state index is 0. The number of furan rings is 2. The molecule has 5 heteroatoms. The van der Waals surface area contributed by atoms with Crippen molar-refractivity contribution in [2.45, 2.75) is 0 Å². The Balaban J connectivity index is 0.000000200. The van der Waals surface area contributed by atoms with Gasteiger partial charge < -0.3 is 8.83 Å². The van der Waals surface area contributed by atoms with Crippen molar-refractivity contribution in [3.05, 3.63) is 124 Å². The summed E-state index contributed by atoms with van der Waals surface area (Å²) < 4.78 is 10.1. The van der Waals surface area contributed by atoms with Crippen molar-refractivity contribution < 1.29 is 35.5 Å². The van der Waals surface area contributed by atoms with Gasteiger partial charge in [-0.25, -0.2) is 0 Å². The summed E-state index contributed by atoms with van der Waals surface area (Å²) in [5, 5.41) is 0. The van der Waals surface area contributed by atoms with Crippen molar-refractivity contribution in [1.82, 2.24) is 0 Å². The molecule has 0 atom stereocenters. The monoisotopic (exact) mass is 426 g/mol. The standard InChI is InChI=1S/2C12H9O2.Fe/c2*13-12(10-4-1-2-5-10)8-7-11-6-3-9-14-11;/h2*1-9H;/q;;+2/b2*8-7+;. The molecule has 2 aliphatic carbocycles. The first-order valence-corrected chi connectivity index (χ1v) is 8.67. The third-order valence-electron chi connectivity index (χ3n) is 3.78.